The maximum atomic E-state index is 15.5. The lowest BCUT2D eigenvalue weighted by Gasteiger charge is -2.36. The predicted octanol–water partition coefficient (Wildman–Crippen LogP) is 5.50. The molecule has 0 spiro atoms. The van der Waals surface area contributed by atoms with Crippen LogP contribution in [0.1, 0.15) is 48.4 Å². The molecule has 3 heterocycles. The quantitative estimate of drug-likeness (QED) is 0.237. The number of aromatic amines is 1. The number of benzene rings is 2. The van der Waals surface area contributed by atoms with E-state index < -0.39 is 67.2 Å². The van der Waals surface area contributed by atoms with E-state index >= 15 is 4.39 Å². The maximum Gasteiger partial charge on any atom is 0.416 e. The average molecular weight is 666 g/mol. The fourth-order valence-corrected chi connectivity index (χ4v) is 6.07. The molecule has 1 saturated carbocycles. The van der Waals surface area contributed by atoms with Crippen LogP contribution in [0.3, 0.4) is 0 Å². The molecule has 11 nitrogen and oxygen atoms in total. The minimum Gasteiger partial charge on any atom is -0.446 e. The average Bonchev–Trinajstić information content (AvgIpc) is 3.71. The van der Waals surface area contributed by atoms with Crippen LogP contribution in [-0.4, -0.2) is 57.7 Å². The number of carbonyl (C=O) groups is 3. The first-order valence-corrected chi connectivity index (χ1v) is 15.2. The van der Waals surface area contributed by atoms with E-state index in [1.807, 2.05) is 6.07 Å². The SMILES string of the molecule is N#Cc1ccnc(N2C(=O)OC[C@H]2C(=O)N(c2cc(F)c3[nH]ncc3c2)[C@H](C(=O)NC2CCC(F)(F)CC2)c2cccc(CCl)c2)c1. The Morgan fingerprint density at radius 1 is 1.21 bits per heavy atom. The van der Waals surface area contributed by atoms with Gasteiger partial charge in [-0.15, -0.1) is 11.6 Å². The molecule has 2 aliphatic rings. The van der Waals surface area contributed by atoms with E-state index in [0.29, 0.717) is 16.5 Å². The summed E-state index contributed by atoms with van der Waals surface area (Å²) in [6.45, 7) is -0.448. The van der Waals surface area contributed by atoms with Crippen LogP contribution in [-0.2, 0) is 20.2 Å². The molecule has 0 bridgehead atoms. The van der Waals surface area contributed by atoms with Gasteiger partial charge >= 0.3 is 6.09 Å². The lowest BCUT2D eigenvalue weighted by Crippen LogP contribution is -2.54. The summed E-state index contributed by atoms with van der Waals surface area (Å²) in [4.78, 5) is 48.3. The Hall–Kier alpha value is -5.16. The Bertz CT molecular complexity index is 1890. The van der Waals surface area contributed by atoms with Crippen molar-refractivity contribution in [2.45, 2.75) is 55.6 Å². The summed E-state index contributed by atoms with van der Waals surface area (Å²) in [6.07, 6.45) is 0.911. The number of halogens is 4. The molecule has 4 aromatic rings. The molecule has 2 fully saturated rings. The van der Waals surface area contributed by atoms with Gasteiger partial charge in [0.05, 0.1) is 17.8 Å². The Morgan fingerprint density at radius 2 is 2.00 bits per heavy atom. The number of ether oxygens (including phenoxy) is 1. The van der Waals surface area contributed by atoms with E-state index in [2.05, 4.69) is 20.5 Å². The lowest BCUT2D eigenvalue weighted by molar-refractivity contribution is -0.128. The molecule has 0 unspecified atom stereocenters. The number of amides is 3. The Labute approximate surface area is 271 Å². The number of nitrogens with zero attached hydrogens (tertiary/aromatic N) is 5. The molecular weight excluding hydrogens is 639 g/mol. The number of hydrogen-bond donors (Lipinski definition) is 2. The van der Waals surface area contributed by atoms with Crippen molar-refractivity contribution in [3.63, 3.8) is 0 Å². The van der Waals surface area contributed by atoms with Crippen molar-refractivity contribution >= 4 is 51.9 Å². The van der Waals surface area contributed by atoms with Gasteiger partial charge in [-0.3, -0.25) is 19.6 Å². The zero-order valence-electron chi connectivity index (χ0n) is 24.6. The molecule has 6 rings (SSSR count). The van der Waals surface area contributed by atoms with Gasteiger partial charge in [-0.05, 0) is 48.2 Å². The number of anilines is 2. The number of aromatic nitrogens is 3. The summed E-state index contributed by atoms with van der Waals surface area (Å²) in [5.41, 5.74) is 1.09. The van der Waals surface area contributed by atoms with Gasteiger partial charge in [0.25, 0.3) is 5.91 Å². The van der Waals surface area contributed by atoms with Crippen molar-refractivity contribution in [2.75, 3.05) is 16.4 Å². The third kappa shape index (κ3) is 6.44. The molecular formula is C32H27ClF3N7O4. The summed E-state index contributed by atoms with van der Waals surface area (Å²) in [7, 11) is 0. The normalized spacial score (nSPS) is 18.4. The third-order valence-corrected chi connectivity index (χ3v) is 8.58. The third-order valence-electron chi connectivity index (χ3n) is 8.27. The van der Waals surface area contributed by atoms with Crippen LogP contribution in [0.2, 0.25) is 0 Å². The number of hydrogen-bond acceptors (Lipinski definition) is 7. The molecule has 2 N–H and O–H groups in total. The Morgan fingerprint density at radius 3 is 2.74 bits per heavy atom. The molecule has 1 aliphatic heterocycles. The second kappa shape index (κ2) is 12.9. The number of rotatable bonds is 8. The second-order valence-corrected chi connectivity index (χ2v) is 11.6. The molecule has 2 atom stereocenters. The van der Waals surface area contributed by atoms with Crippen molar-refractivity contribution in [1.29, 1.82) is 5.26 Å². The standard InChI is InChI=1S/C32H27ClF3N7O4/c33-14-18-2-1-3-20(10-18)28(29(44)40-22-4-7-32(35,36)8-5-22)42(23-12-21-16-39-41-27(21)24(34)13-23)30(45)25-17-47-31(46)43(25)26-11-19(15-37)6-9-38-26/h1-3,6,9-13,16,22,25,28H,4-5,7-8,14,17H2,(H,39,41)(H,40,44)/t25-,28-/m0/s1. The number of fused-ring (bicyclic) bond motifs is 1. The molecule has 242 valence electrons. The first-order chi connectivity index (χ1) is 22.6. The van der Waals surface area contributed by atoms with E-state index in [0.717, 1.165) is 15.9 Å². The van der Waals surface area contributed by atoms with E-state index in [1.165, 1.54) is 30.6 Å². The highest BCUT2D eigenvalue weighted by molar-refractivity contribution is 6.17. The molecule has 15 heteroatoms. The summed E-state index contributed by atoms with van der Waals surface area (Å²) in [6, 6.07) is 10.3. The fraction of sp³-hybridized carbons (Fsp3) is 0.312. The number of nitrogens with one attached hydrogen (secondary N) is 2. The van der Waals surface area contributed by atoms with Gasteiger partial charge in [0.15, 0.2) is 11.9 Å². The highest BCUT2D eigenvalue weighted by atomic mass is 35.5. The predicted molar refractivity (Wildman–Crippen MR) is 164 cm³/mol. The van der Waals surface area contributed by atoms with Crippen molar-refractivity contribution < 1.29 is 32.3 Å². The first kappa shape index (κ1) is 31.8. The van der Waals surface area contributed by atoms with Crippen LogP contribution in [0.5, 0.6) is 0 Å². The minimum absolute atomic E-state index is 0.0103. The summed E-state index contributed by atoms with van der Waals surface area (Å²) >= 11 is 6.13. The van der Waals surface area contributed by atoms with Crippen LogP contribution in [0.4, 0.5) is 29.5 Å². The molecule has 1 saturated heterocycles. The Kier molecular flexibility index (Phi) is 8.74. The zero-order chi connectivity index (χ0) is 33.3. The number of nitriles is 1. The molecule has 47 heavy (non-hydrogen) atoms. The van der Waals surface area contributed by atoms with Gasteiger partial charge in [0, 0.05) is 42.0 Å². The molecule has 2 aromatic heterocycles. The second-order valence-electron chi connectivity index (χ2n) is 11.4. The molecule has 1 aliphatic carbocycles. The van der Waals surface area contributed by atoms with Crippen LogP contribution in [0.25, 0.3) is 10.9 Å². The highest BCUT2D eigenvalue weighted by Crippen LogP contribution is 2.37. The number of alkyl halides is 3. The van der Waals surface area contributed by atoms with E-state index in [9.17, 15) is 28.4 Å². The lowest BCUT2D eigenvalue weighted by atomic mass is 9.91. The fourth-order valence-electron chi connectivity index (χ4n) is 5.91. The number of H-pyrrole nitrogens is 1. The van der Waals surface area contributed by atoms with Crippen molar-refractivity contribution in [2.24, 2.45) is 0 Å². The maximum absolute atomic E-state index is 15.5. The topological polar surface area (TPSA) is 144 Å². The molecule has 0 radical (unpaired) electrons. The highest BCUT2D eigenvalue weighted by Gasteiger charge is 2.46. The van der Waals surface area contributed by atoms with Gasteiger partial charge in [0.1, 0.15) is 24.0 Å². The zero-order valence-corrected chi connectivity index (χ0v) is 25.4. The van der Waals surface area contributed by atoms with Gasteiger partial charge in [-0.1, -0.05) is 24.3 Å². The van der Waals surface area contributed by atoms with E-state index in [4.69, 9.17) is 16.3 Å². The monoisotopic (exact) mass is 665 g/mol. The summed E-state index contributed by atoms with van der Waals surface area (Å²) < 4.78 is 48.6. The molecule has 3 amide bonds. The Balaban J connectivity index is 1.48. The van der Waals surface area contributed by atoms with Crippen LogP contribution in [0.15, 0.2) is 60.9 Å². The van der Waals surface area contributed by atoms with Crippen molar-refractivity contribution in [3.8, 4) is 6.07 Å². The van der Waals surface area contributed by atoms with E-state index in [-0.39, 0.29) is 41.3 Å². The number of pyridine rings is 1. The van der Waals surface area contributed by atoms with Crippen molar-refractivity contribution in [1.82, 2.24) is 20.5 Å². The van der Waals surface area contributed by atoms with Gasteiger partial charge < -0.3 is 10.1 Å². The van der Waals surface area contributed by atoms with Crippen LogP contribution in [0, 0.1) is 17.1 Å². The summed E-state index contributed by atoms with van der Waals surface area (Å²) in [5, 5.41) is 19.0. The van der Waals surface area contributed by atoms with Gasteiger partial charge in [-0.2, -0.15) is 10.4 Å². The van der Waals surface area contributed by atoms with Crippen LogP contribution < -0.4 is 15.1 Å². The number of carbonyl (C=O) groups excluding carboxylic acids is 3. The smallest absolute Gasteiger partial charge is 0.416 e. The number of cyclic esters (lactones) is 1. The molecule has 2 aromatic carbocycles. The largest absolute Gasteiger partial charge is 0.446 e. The van der Waals surface area contributed by atoms with E-state index in [1.54, 1.807) is 24.3 Å². The minimum atomic E-state index is -2.84. The van der Waals surface area contributed by atoms with Crippen molar-refractivity contribution in [3.05, 3.63) is 83.4 Å². The first-order valence-electron chi connectivity index (χ1n) is 14.7. The summed E-state index contributed by atoms with van der Waals surface area (Å²) in [5.74, 6) is -5.14. The van der Waals surface area contributed by atoms with Gasteiger partial charge in [-0.25, -0.2) is 27.8 Å². The van der Waals surface area contributed by atoms with Gasteiger partial charge in [0.2, 0.25) is 11.8 Å². The van der Waals surface area contributed by atoms with Crippen LogP contribution >= 0.6 is 11.6 Å².